The summed E-state index contributed by atoms with van der Waals surface area (Å²) in [5.41, 5.74) is 3.90. The lowest BCUT2D eigenvalue weighted by atomic mass is 10.2. The molecule has 0 N–H and O–H groups in total. The average Bonchev–Trinajstić information content (AvgIpc) is 3.00. The highest BCUT2D eigenvalue weighted by atomic mass is 32.1. The van der Waals surface area contributed by atoms with Gasteiger partial charge >= 0.3 is 0 Å². The summed E-state index contributed by atoms with van der Waals surface area (Å²) < 4.78 is 0. The van der Waals surface area contributed by atoms with Gasteiger partial charge in [-0.1, -0.05) is 12.1 Å². The van der Waals surface area contributed by atoms with E-state index in [1.54, 1.807) is 11.3 Å². The number of para-hydroxylation sites is 2. The van der Waals surface area contributed by atoms with Crippen LogP contribution in [0, 0.1) is 0 Å². The molecule has 1 amide bonds. The van der Waals surface area contributed by atoms with Crippen LogP contribution in [0.3, 0.4) is 0 Å². The minimum Gasteiger partial charge on any atom is -0.342 e. The molecule has 0 bridgehead atoms. The van der Waals surface area contributed by atoms with Crippen LogP contribution in [-0.2, 0) is 0 Å². The molecule has 5 heteroatoms. The van der Waals surface area contributed by atoms with Crippen molar-refractivity contribution in [3.63, 3.8) is 0 Å². The van der Waals surface area contributed by atoms with Crippen LogP contribution in [0.2, 0.25) is 0 Å². The number of anilines is 3. The first-order chi connectivity index (χ1) is 11.1. The number of thiophene rings is 1. The Balaban J connectivity index is 1.91. The number of carbonyl (C=O) groups is 1. The molecule has 0 saturated heterocycles. The van der Waals surface area contributed by atoms with Gasteiger partial charge in [-0.2, -0.15) is 0 Å². The number of amides is 1. The third kappa shape index (κ3) is 3.12. The van der Waals surface area contributed by atoms with Crippen molar-refractivity contribution in [3.8, 4) is 0 Å². The smallest absolute Gasteiger partial charge is 0.261 e. The number of unbranched alkanes of at least 4 members (excludes halogenated alkanes) is 1. The van der Waals surface area contributed by atoms with Crippen LogP contribution >= 0.6 is 11.3 Å². The molecule has 1 aromatic carbocycles. The molecule has 122 valence electrons. The molecule has 0 unspecified atom stereocenters. The van der Waals surface area contributed by atoms with Crippen LogP contribution in [-0.4, -0.2) is 45.0 Å². The monoisotopic (exact) mass is 329 g/mol. The van der Waals surface area contributed by atoms with Gasteiger partial charge in [0.2, 0.25) is 0 Å². The van der Waals surface area contributed by atoms with Gasteiger partial charge in [0.1, 0.15) is 0 Å². The van der Waals surface area contributed by atoms with Gasteiger partial charge in [0, 0.05) is 24.4 Å². The van der Waals surface area contributed by atoms with Crippen molar-refractivity contribution in [2.24, 2.45) is 0 Å². The predicted molar refractivity (Wildman–Crippen MR) is 98.3 cm³/mol. The summed E-state index contributed by atoms with van der Waals surface area (Å²) in [7, 11) is 6.20. The van der Waals surface area contributed by atoms with Gasteiger partial charge in [0.05, 0.1) is 22.6 Å². The zero-order valence-electron chi connectivity index (χ0n) is 14.0. The molecule has 0 fully saturated rings. The molecule has 3 rings (SSSR count). The molecule has 0 atom stereocenters. The van der Waals surface area contributed by atoms with Crippen LogP contribution in [0.15, 0.2) is 35.0 Å². The Labute approximate surface area is 141 Å². The summed E-state index contributed by atoms with van der Waals surface area (Å²) in [6.07, 6.45) is 2.09. The van der Waals surface area contributed by atoms with Gasteiger partial charge in [-0.15, -0.1) is 11.3 Å². The quantitative estimate of drug-likeness (QED) is 0.780. The number of fused-ring (bicyclic) bond motifs is 2. The topological polar surface area (TPSA) is 26.8 Å². The van der Waals surface area contributed by atoms with Gasteiger partial charge < -0.3 is 14.7 Å². The number of rotatable bonds is 5. The summed E-state index contributed by atoms with van der Waals surface area (Å²) in [5.74, 6) is 0.114. The number of benzene rings is 1. The Hall–Kier alpha value is -1.85. The summed E-state index contributed by atoms with van der Waals surface area (Å²) in [6.45, 7) is 1.81. The molecule has 2 aromatic rings. The predicted octanol–water partition coefficient (Wildman–Crippen LogP) is 3.82. The van der Waals surface area contributed by atoms with Gasteiger partial charge in [0.25, 0.3) is 5.91 Å². The van der Waals surface area contributed by atoms with Crippen LogP contribution < -0.4 is 9.80 Å². The second-order valence-electron chi connectivity index (χ2n) is 6.19. The van der Waals surface area contributed by atoms with E-state index in [4.69, 9.17) is 0 Å². The van der Waals surface area contributed by atoms with Gasteiger partial charge in [-0.3, -0.25) is 4.79 Å². The third-order valence-corrected chi connectivity index (χ3v) is 4.98. The van der Waals surface area contributed by atoms with Gasteiger partial charge in [0.15, 0.2) is 0 Å². The first-order valence-corrected chi connectivity index (χ1v) is 8.89. The molecule has 1 aliphatic rings. The summed E-state index contributed by atoms with van der Waals surface area (Å²) in [6, 6.07) is 8.17. The third-order valence-electron chi connectivity index (χ3n) is 4.25. The lowest BCUT2D eigenvalue weighted by Crippen LogP contribution is -2.31. The van der Waals surface area contributed by atoms with Crippen molar-refractivity contribution in [3.05, 3.63) is 40.6 Å². The molecule has 2 heterocycles. The van der Waals surface area contributed by atoms with Crippen LogP contribution in [0.4, 0.5) is 17.1 Å². The van der Waals surface area contributed by atoms with E-state index in [1.807, 2.05) is 35.5 Å². The Morgan fingerprint density at radius 1 is 1.04 bits per heavy atom. The number of carbonyl (C=O) groups excluding carboxylic acids is 1. The fourth-order valence-corrected chi connectivity index (χ4v) is 3.83. The van der Waals surface area contributed by atoms with Crippen molar-refractivity contribution >= 4 is 34.3 Å². The second kappa shape index (κ2) is 6.72. The largest absolute Gasteiger partial charge is 0.342 e. The summed E-state index contributed by atoms with van der Waals surface area (Å²) in [4.78, 5) is 19.3. The molecule has 1 aromatic heterocycles. The van der Waals surface area contributed by atoms with Crippen molar-refractivity contribution in [1.29, 1.82) is 0 Å². The van der Waals surface area contributed by atoms with E-state index in [9.17, 15) is 4.79 Å². The highest BCUT2D eigenvalue weighted by Gasteiger charge is 2.29. The first kappa shape index (κ1) is 16.0. The SMILES string of the molecule is CN(C)CCCCN1C(=O)c2cscc2N(C)c2ccccc21. The number of hydrogen-bond donors (Lipinski definition) is 0. The maximum atomic E-state index is 13.0. The second-order valence-corrected chi connectivity index (χ2v) is 6.93. The molecule has 4 nitrogen and oxygen atoms in total. The van der Waals surface area contributed by atoms with E-state index in [2.05, 4.69) is 35.3 Å². The van der Waals surface area contributed by atoms with Crippen molar-refractivity contribution < 1.29 is 4.79 Å². The lowest BCUT2D eigenvalue weighted by Gasteiger charge is -2.25. The average molecular weight is 329 g/mol. The number of hydrogen-bond acceptors (Lipinski definition) is 4. The lowest BCUT2D eigenvalue weighted by molar-refractivity contribution is 0.0988. The maximum Gasteiger partial charge on any atom is 0.261 e. The van der Waals surface area contributed by atoms with Crippen molar-refractivity contribution in [2.45, 2.75) is 12.8 Å². The fourth-order valence-electron chi connectivity index (χ4n) is 2.99. The maximum absolute atomic E-state index is 13.0. The van der Waals surface area contributed by atoms with E-state index < -0.39 is 0 Å². The molecular weight excluding hydrogens is 306 g/mol. The molecule has 0 saturated carbocycles. The van der Waals surface area contributed by atoms with E-state index >= 15 is 0 Å². The highest BCUT2D eigenvalue weighted by molar-refractivity contribution is 7.08. The Morgan fingerprint density at radius 2 is 1.78 bits per heavy atom. The first-order valence-electron chi connectivity index (χ1n) is 7.95. The Bertz CT molecular complexity index is 695. The zero-order chi connectivity index (χ0) is 16.4. The summed E-state index contributed by atoms with van der Waals surface area (Å²) >= 11 is 1.59. The fraction of sp³-hybridized carbons (Fsp3) is 0.389. The van der Waals surface area contributed by atoms with E-state index in [0.29, 0.717) is 0 Å². The Kier molecular flexibility index (Phi) is 4.68. The minimum atomic E-state index is 0.114. The van der Waals surface area contributed by atoms with Gasteiger partial charge in [-0.05, 0) is 45.6 Å². The van der Waals surface area contributed by atoms with E-state index in [1.165, 1.54) is 0 Å². The van der Waals surface area contributed by atoms with Crippen LogP contribution in [0.25, 0.3) is 0 Å². The van der Waals surface area contributed by atoms with Crippen LogP contribution in [0.5, 0.6) is 0 Å². The molecule has 0 spiro atoms. The highest BCUT2D eigenvalue weighted by Crippen LogP contribution is 2.40. The normalized spacial score (nSPS) is 14.0. The van der Waals surface area contributed by atoms with Crippen molar-refractivity contribution in [2.75, 3.05) is 44.0 Å². The molecule has 23 heavy (non-hydrogen) atoms. The zero-order valence-corrected chi connectivity index (χ0v) is 14.8. The molecule has 0 radical (unpaired) electrons. The molecule has 1 aliphatic heterocycles. The van der Waals surface area contributed by atoms with E-state index in [0.717, 1.165) is 48.6 Å². The van der Waals surface area contributed by atoms with Crippen LogP contribution in [0.1, 0.15) is 23.2 Å². The standard InChI is InChI=1S/C18H23N3OS/c1-19(2)10-6-7-11-21-16-9-5-4-8-15(16)20(3)17-13-23-12-14(17)18(21)22/h4-5,8-9,12-13H,6-7,10-11H2,1-3H3. The minimum absolute atomic E-state index is 0.114. The Morgan fingerprint density at radius 3 is 2.52 bits per heavy atom. The van der Waals surface area contributed by atoms with E-state index in [-0.39, 0.29) is 5.91 Å². The molecule has 0 aliphatic carbocycles. The van der Waals surface area contributed by atoms with Crippen molar-refractivity contribution in [1.82, 2.24) is 4.90 Å². The van der Waals surface area contributed by atoms with Gasteiger partial charge in [-0.25, -0.2) is 0 Å². The number of nitrogens with zero attached hydrogens (tertiary/aromatic N) is 3. The summed E-state index contributed by atoms with van der Waals surface area (Å²) in [5, 5.41) is 4.02. The molecular formula is C18H23N3OS.